The lowest BCUT2D eigenvalue weighted by Crippen LogP contribution is -2.29. The number of piperidine rings is 1. The van der Waals surface area contributed by atoms with Crippen molar-refractivity contribution in [2.45, 2.75) is 25.8 Å². The first-order valence-corrected chi connectivity index (χ1v) is 10.5. The van der Waals surface area contributed by atoms with Gasteiger partial charge in [-0.3, -0.25) is 10.3 Å². The molecule has 0 saturated carbocycles. The van der Waals surface area contributed by atoms with Crippen LogP contribution in [0, 0.1) is 5.82 Å². The van der Waals surface area contributed by atoms with E-state index in [4.69, 9.17) is 0 Å². The van der Waals surface area contributed by atoms with Gasteiger partial charge in [-0.25, -0.2) is 9.37 Å². The van der Waals surface area contributed by atoms with Crippen molar-refractivity contribution in [3.05, 3.63) is 70.9 Å². The third-order valence-corrected chi connectivity index (χ3v) is 5.61. The maximum absolute atomic E-state index is 14.4. The minimum atomic E-state index is -0.171. The van der Waals surface area contributed by atoms with Crippen molar-refractivity contribution < 1.29 is 4.39 Å². The molecule has 1 aliphatic heterocycles. The van der Waals surface area contributed by atoms with Crippen LogP contribution < -0.4 is 5.43 Å². The summed E-state index contributed by atoms with van der Waals surface area (Å²) in [5.41, 5.74) is 6.39. The predicted octanol–water partition coefficient (Wildman–Crippen LogP) is 5.38. The molecule has 0 radical (unpaired) electrons. The Balaban J connectivity index is 1.36. The predicted molar refractivity (Wildman–Crippen MR) is 114 cm³/mol. The Bertz CT molecular complexity index is 933. The van der Waals surface area contributed by atoms with Gasteiger partial charge in [-0.05, 0) is 37.6 Å². The summed E-state index contributed by atoms with van der Waals surface area (Å²) < 4.78 is 14.4. The monoisotopic (exact) mass is 394 g/mol. The maximum Gasteiger partial charge on any atom is 0.203 e. The van der Waals surface area contributed by atoms with Gasteiger partial charge in [-0.2, -0.15) is 5.10 Å². The molecule has 1 aromatic heterocycles. The lowest BCUT2D eigenvalue weighted by molar-refractivity contribution is 0.218. The average Bonchev–Trinajstić information content (AvgIpc) is 3.20. The summed E-state index contributed by atoms with van der Waals surface area (Å²) in [5.74, 6) is -0.171. The highest BCUT2D eigenvalue weighted by Gasteiger charge is 2.12. The van der Waals surface area contributed by atoms with Crippen molar-refractivity contribution in [1.82, 2.24) is 9.88 Å². The number of thiazole rings is 1. The quantitative estimate of drug-likeness (QED) is 0.451. The molecule has 0 spiro atoms. The number of aromatic nitrogens is 1. The van der Waals surface area contributed by atoms with E-state index in [-0.39, 0.29) is 5.82 Å². The Morgan fingerprint density at radius 1 is 1.11 bits per heavy atom. The molecule has 1 saturated heterocycles. The number of benzene rings is 2. The van der Waals surface area contributed by atoms with E-state index in [0.29, 0.717) is 11.7 Å². The molecular weight excluding hydrogens is 371 g/mol. The minimum Gasteiger partial charge on any atom is -0.299 e. The van der Waals surface area contributed by atoms with Crippen LogP contribution in [0.3, 0.4) is 0 Å². The molecule has 0 atom stereocenters. The lowest BCUT2D eigenvalue weighted by atomic mass is 10.1. The third kappa shape index (κ3) is 4.82. The number of anilines is 1. The second kappa shape index (κ2) is 9.08. The summed E-state index contributed by atoms with van der Waals surface area (Å²) in [6.07, 6.45) is 5.33. The van der Waals surface area contributed by atoms with Gasteiger partial charge >= 0.3 is 0 Å². The molecule has 1 N–H and O–H groups in total. The van der Waals surface area contributed by atoms with Crippen molar-refractivity contribution >= 4 is 22.7 Å². The third-order valence-electron chi connectivity index (χ3n) is 4.87. The van der Waals surface area contributed by atoms with Gasteiger partial charge in [0.25, 0.3) is 0 Å². The Labute approximate surface area is 168 Å². The molecule has 28 heavy (non-hydrogen) atoms. The van der Waals surface area contributed by atoms with Gasteiger partial charge in [0.15, 0.2) is 0 Å². The average molecular weight is 395 g/mol. The first-order chi connectivity index (χ1) is 13.8. The zero-order valence-corrected chi connectivity index (χ0v) is 16.5. The molecule has 0 bridgehead atoms. The number of hydrazone groups is 1. The van der Waals surface area contributed by atoms with Crippen LogP contribution >= 0.6 is 11.3 Å². The molecule has 6 heteroatoms. The second-order valence-corrected chi connectivity index (χ2v) is 7.82. The van der Waals surface area contributed by atoms with Gasteiger partial charge in [0.05, 0.1) is 11.9 Å². The van der Waals surface area contributed by atoms with Gasteiger partial charge in [-0.15, -0.1) is 11.3 Å². The largest absolute Gasteiger partial charge is 0.299 e. The molecule has 2 heterocycles. The molecular formula is C22H23FN4S. The maximum atomic E-state index is 14.4. The number of nitrogens with zero attached hydrogens (tertiary/aromatic N) is 3. The topological polar surface area (TPSA) is 40.5 Å². The number of hydrogen-bond acceptors (Lipinski definition) is 5. The Morgan fingerprint density at radius 2 is 1.93 bits per heavy atom. The Hall–Kier alpha value is -2.57. The summed E-state index contributed by atoms with van der Waals surface area (Å²) in [6, 6.07) is 15.3. The molecule has 1 fully saturated rings. The highest BCUT2D eigenvalue weighted by molar-refractivity contribution is 7.14. The zero-order chi connectivity index (χ0) is 19.2. The highest BCUT2D eigenvalue weighted by atomic mass is 32.1. The number of likely N-dealkylation sites (tertiary alicyclic amines) is 1. The lowest BCUT2D eigenvalue weighted by Gasteiger charge is -2.26. The van der Waals surface area contributed by atoms with Crippen LogP contribution in [0.5, 0.6) is 0 Å². The van der Waals surface area contributed by atoms with Crippen molar-refractivity contribution in [2.24, 2.45) is 5.10 Å². The van der Waals surface area contributed by atoms with E-state index in [1.807, 2.05) is 47.8 Å². The molecule has 2 aromatic carbocycles. The van der Waals surface area contributed by atoms with E-state index in [1.165, 1.54) is 30.6 Å². The second-order valence-electron chi connectivity index (χ2n) is 6.96. The van der Waals surface area contributed by atoms with Gasteiger partial charge in [0.1, 0.15) is 5.82 Å². The van der Waals surface area contributed by atoms with E-state index in [9.17, 15) is 4.39 Å². The summed E-state index contributed by atoms with van der Waals surface area (Å²) >= 11 is 1.49. The van der Waals surface area contributed by atoms with Gasteiger partial charge in [0, 0.05) is 23.1 Å². The molecule has 4 rings (SSSR count). The summed E-state index contributed by atoms with van der Waals surface area (Å²) in [5, 5.41) is 6.90. The molecule has 0 amide bonds. The molecule has 4 nitrogen and oxygen atoms in total. The van der Waals surface area contributed by atoms with E-state index in [0.717, 1.165) is 35.5 Å². The number of hydrogen-bond donors (Lipinski definition) is 1. The van der Waals surface area contributed by atoms with Crippen molar-refractivity contribution in [3.8, 4) is 11.3 Å². The SMILES string of the molecule is Fc1cc(C=NNc2nc(-c3ccccc3)cs2)ccc1CN1CCCCC1. The first kappa shape index (κ1) is 18.8. The van der Waals surface area contributed by atoms with Crippen molar-refractivity contribution in [2.75, 3.05) is 18.5 Å². The standard InChI is InChI=1S/C22H23FN4S/c23-20-13-17(9-10-19(20)15-27-11-5-2-6-12-27)14-24-26-22-25-21(16-28-22)18-7-3-1-4-8-18/h1,3-4,7-10,13-14,16H,2,5-6,11-12,15H2,(H,25,26). The van der Waals surface area contributed by atoms with Crippen molar-refractivity contribution in [3.63, 3.8) is 0 Å². The van der Waals surface area contributed by atoms with Crippen molar-refractivity contribution in [1.29, 1.82) is 0 Å². The van der Waals surface area contributed by atoms with Gasteiger partial charge in [-0.1, -0.05) is 48.9 Å². The normalized spacial score (nSPS) is 15.2. The van der Waals surface area contributed by atoms with E-state index < -0.39 is 0 Å². The Kier molecular flexibility index (Phi) is 6.09. The first-order valence-electron chi connectivity index (χ1n) is 9.59. The fraction of sp³-hybridized carbons (Fsp3) is 0.273. The zero-order valence-electron chi connectivity index (χ0n) is 15.6. The summed E-state index contributed by atoms with van der Waals surface area (Å²) in [6.45, 7) is 2.81. The van der Waals surface area contributed by atoms with Crippen LogP contribution in [-0.2, 0) is 6.54 Å². The van der Waals surface area contributed by atoms with Crippen LogP contribution in [-0.4, -0.2) is 29.2 Å². The van der Waals surface area contributed by atoms with Crippen LogP contribution in [0.2, 0.25) is 0 Å². The van der Waals surface area contributed by atoms with Gasteiger partial charge in [0.2, 0.25) is 5.13 Å². The molecule has 0 aliphatic carbocycles. The molecule has 1 aliphatic rings. The van der Waals surface area contributed by atoms with E-state index in [1.54, 1.807) is 12.3 Å². The van der Waals surface area contributed by atoms with E-state index in [2.05, 4.69) is 20.4 Å². The van der Waals surface area contributed by atoms with Crippen LogP contribution in [0.15, 0.2) is 59.0 Å². The van der Waals surface area contributed by atoms with Crippen LogP contribution in [0.25, 0.3) is 11.3 Å². The summed E-state index contributed by atoms with van der Waals surface area (Å²) in [4.78, 5) is 6.85. The highest BCUT2D eigenvalue weighted by Crippen LogP contribution is 2.24. The number of nitrogens with one attached hydrogen (secondary N) is 1. The Morgan fingerprint density at radius 3 is 2.71 bits per heavy atom. The molecule has 0 unspecified atom stereocenters. The number of rotatable bonds is 6. The number of halogens is 1. The van der Waals surface area contributed by atoms with Crippen LogP contribution in [0.4, 0.5) is 9.52 Å². The molecule has 144 valence electrons. The minimum absolute atomic E-state index is 0.171. The molecule has 3 aromatic rings. The fourth-order valence-electron chi connectivity index (χ4n) is 3.36. The van der Waals surface area contributed by atoms with Gasteiger partial charge < -0.3 is 0 Å². The smallest absolute Gasteiger partial charge is 0.203 e. The van der Waals surface area contributed by atoms with E-state index >= 15 is 0 Å². The fourth-order valence-corrected chi connectivity index (χ4v) is 4.03. The summed E-state index contributed by atoms with van der Waals surface area (Å²) in [7, 11) is 0. The van der Waals surface area contributed by atoms with Crippen LogP contribution in [0.1, 0.15) is 30.4 Å².